The van der Waals surface area contributed by atoms with Crippen LogP contribution < -0.4 is 0 Å². The van der Waals surface area contributed by atoms with Gasteiger partial charge in [0.1, 0.15) is 0 Å². The van der Waals surface area contributed by atoms with Gasteiger partial charge in [0, 0.05) is 27.1 Å². The summed E-state index contributed by atoms with van der Waals surface area (Å²) in [6.45, 7) is 0. The van der Waals surface area contributed by atoms with Crippen LogP contribution in [0.2, 0.25) is 0 Å². The van der Waals surface area contributed by atoms with E-state index in [9.17, 15) is 15.8 Å². The molecule has 10 rings (SSSR count). The quantitative estimate of drug-likeness (QED) is 0.174. The van der Waals surface area contributed by atoms with Crippen molar-refractivity contribution in [2.45, 2.75) is 6.18 Å². The molecule has 0 N–H and O–H groups in total. The fourth-order valence-electron chi connectivity index (χ4n) is 8.46. The van der Waals surface area contributed by atoms with Crippen molar-refractivity contribution in [3.05, 3.63) is 192 Å². The number of rotatable bonds is 5. The van der Waals surface area contributed by atoms with Crippen molar-refractivity contribution < 1.29 is 13.2 Å². The van der Waals surface area contributed by atoms with Crippen LogP contribution in [-0.2, 0) is 6.18 Å². The Balaban J connectivity index is 1.32. The van der Waals surface area contributed by atoms with Crippen molar-refractivity contribution in [1.29, 1.82) is 15.8 Å². The summed E-state index contributed by atoms with van der Waals surface area (Å²) in [4.78, 5) is 0. The van der Waals surface area contributed by atoms with Gasteiger partial charge in [0.2, 0.25) is 0 Å². The maximum Gasteiger partial charge on any atom is 0.418 e. The number of halogens is 3. The van der Waals surface area contributed by atoms with E-state index in [-0.39, 0.29) is 5.69 Å². The molecule has 0 radical (unpaired) electrons. The number of hydrogen-bond donors (Lipinski definition) is 0. The van der Waals surface area contributed by atoms with Crippen LogP contribution in [0, 0.1) is 34.0 Å². The Kier molecular flexibility index (Phi) is 8.35. The van der Waals surface area contributed by atoms with Gasteiger partial charge in [-0.25, -0.2) is 0 Å². The number of fused-ring (bicyclic) bond motifs is 6. The van der Waals surface area contributed by atoms with E-state index in [4.69, 9.17) is 0 Å². The molecule has 0 spiro atoms. The maximum atomic E-state index is 16.0. The van der Waals surface area contributed by atoms with Crippen molar-refractivity contribution in [2.75, 3.05) is 0 Å². The van der Waals surface area contributed by atoms with Crippen LogP contribution in [0.25, 0.3) is 88.4 Å². The first-order chi connectivity index (χ1) is 29.2. The predicted molar refractivity (Wildman–Crippen MR) is 231 cm³/mol. The monoisotopic (exact) mass is 779 g/mol. The van der Waals surface area contributed by atoms with Gasteiger partial charge >= 0.3 is 6.18 Å². The summed E-state index contributed by atoms with van der Waals surface area (Å²) >= 11 is 0. The van der Waals surface area contributed by atoms with Crippen molar-refractivity contribution in [1.82, 2.24) is 9.13 Å². The number of aromatic nitrogens is 2. The van der Waals surface area contributed by atoms with Crippen LogP contribution >= 0.6 is 0 Å². The first-order valence-corrected chi connectivity index (χ1v) is 19.1. The molecule has 0 fully saturated rings. The summed E-state index contributed by atoms with van der Waals surface area (Å²) in [5.74, 6) is 0. The van der Waals surface area contributed by atoms with Gasteiger partial charge in [0.05, 0.1) is 73.9 Å². The van der Waals surface area contributed by atoms with Crippen molar-refractivity contribution in [2.24, 2.45) is 0 Å². The van der Waals surface area contributed by atoms with Gasteiger partial charge in [-0.3, -0.25) is 0 Å². The molecule has 0 amide bonds. The lowest BCUT2D eigenvalue weighted by Gasteiger charge is -2.22. The molecule has 0 saturated heterocycles. The van der Waals surface area contributed by atoms with E-state index < -0.39 is 11.7 Å². The molecule has 10 aromatic rings. The highest BCUT2D eigenvalue weighted by molar-refractivity contribution is 6.12. The lowest BCUT2D eigenvalue weighted by Crippen LogP contribution is -2.13. The SMILES string of the molecule is N#Cc1ccc(-c2ccc3c4ccccc4n(-c4cc(C(F)(F)F)c(-n5c6ccccc6c6ccc(-c7ccc(C#N)cc7)cc65)cc4-c4cccc(C#N)c4)c3c2)cc1. The normalized spacial score (nSPS) is 11.5. The Morgan fingerprint density at radius 2 is 0.833 bits per heavy atom. The Bertz CT molecular complexity index is 3500. The molecule has 0 aliphatic carbocycles. The summed E-state index contributed by atoms with van der Waals surface area (Å²) in [5.41, 5.74) is 7.74. The number of nitriles is 3. The largest absolute Gasteiger partial charge is 0.418 e. The average molecular weight is 780 g/mol. The van der Waals surface area contributed by atoms with Crippen LogP contribution in [0.15, 0.2) is 170 Å². The molecule has 0 saturated carbocycles. The Morgan fingerprint density at radius 1 is 0.367 bits per heavy atom. The second-order valence-electron chi connectivity index (χ2n) is 14.6. The molecule has 0 aliphatic heterocycles. The minimum Gasteiger partial charge on any atom is -0.309 e. The zero-order valence-corrected chi connectivity index (χ0v) is 31.5. The Hall–Kier alpha value is -8.38. The Morgan fingerprint density at radius 3 is 1.33 bits per heavy atom. The fourth-order valence-corrected chi connectivity index (χ4v) is 8.46. The van der Waals surface area contributed by atoms with Crippen LogP contribution in [0.1, 0.15) is 22.3 Å². The van der Waals surface area contributed by atoms with Crippen molar-refractivity contribution in [3.8, 4) is 63.0 Å². The average Bonchev–Trinajstić information content (AvgIpc) is 3.80. The first-order valence-electron chi connectivity index (χ1n) is 19.1. The van der Waals surface area contributed by atoms with E-state index in [1.807, 2.05) is 120 Å². The van der Waals surface area contributed by atoms with Crippen molar-refractivity contribution >= 4 is 43.6 Å². The van der Waals surface area contributed by atoms with E-state index >= 15 is 13.2 Å². The molecule has 2 aromatic heterocycles. The van der Waals surface area contributed by atoms with E-state index in [1.54, 1.807) is 53.1 Å². The molecule has 0 atom stereocenters. The molecule has 60 heavy (non-hydrogen) atoms. The topological polar surface area (TPSA) is 81.2 Å². The molecule has 5 nitrogen and oxygen atoms in total. The lowest BCUT2D eigenvalue weighted by atomic mass is 9.97. The third kappa shape index (κ3) is 5.85. The minimum absolute atomic E-state index is 0.0640. The lowest BCUT2D eigenvalue weighted by molar-refractivity contribution is -0.137. The summed E-state index contributed by atoms with van der Waals surface area (Å²) in [6, 6.07) is 57.5. The summed E-state index contributed by atoms with van der Waals surface area (Å²) in [6.07, 6.45) is -4.80. The molecular weight excluding hydrogens is 752 g/mol. The smallest absolute Gasteiger partial charge is 0.309 e. The van der Waals surface area contributed by atoms with Crippen LogP contribution in [0.5, 0.6) is 0 Å². The second kappa shape index (κ2) is 13.9. The zero-order chi connectivity index (χ0) is 41.1. The number of hydrogen-bond acceptors (Lipinski definition) is 3. The van der Waals surface area contributed by atoms with Crippen molar-refractivity contribution in [3.63, 3.8) is 0 Å². The Labute approximate surface area is 341 Å². The van der Waals surface area contributed by atoms with Gasteiger partial charge in [-0.1, -0.05) is 97.1 Å². The van der Waals surface area contributed by atoms with E-state index in [0.29, 0.717) is 55.6 Å². The summed E-state index contributed by atoms with van der Waals surface area (Å²) < 4.78 is 51.6. The van der Waals surface area contributed by atoms with Gasteiger partial charge in [0.15, 0.2) is 0 Å². The molecular formula is C52H28F3N5. The highest BCUT2D eigenvalue weighted by atomic mass is 19.4. The first kappa shape index (κ1) is 36.0. The molecule has 8 aromatic carbocycles. The highest BCUT2D eigenvalue weighted by Gasteiger charge is 2.37. The molecule has 0 unspecified atom stereocenters. The third-order valence-corrected chi connectivity index (χ3v) is 11.2. The third-order valence-electron chi connectivity index (χ3n) is 11.2. The van der Waals surface area contributed by atoms with Gasteiger partial charge in [-0.05, 0) is 101 Å². The van der Waals surface area contributed by atoms with E-state index in [0.717, 1.165) is 43.8 Å². The minimum atomic E-state index is -4.80. The molecule has 0 aliphatic rings. The van der Waals surface area contributed by atoms with Crippen LogP contribution in [0.3, 0.4) is 0 Å². The molecule has 8 heteroatoms. The highest BCUT2D eigenvalue weighted by Crippen LogP contribution is 2.46. The number of alkyl halides is 3. The predicted octanol–water partition coefficient (Wildman–Crippen LogP) is 13.5. The standard InChI is InChI=1S/C52H28F3N5/c53-52(54,55)45-28-50(59-46-10-3-1-8-40(46)42-22-20-37(25-48(42)59)35-16-12-32(29-56)13-17-35)44(39-7-5-6-34(24-39)31-58)27-51(45)60-47-11-4-2-9-41(47)43-23-21-38(26-49(43)60)36-18-14-33(30-57)15-19-36/h1-28H. The maximum absolute atomic E-state index is 16.0. The summed E-state index contributed by atoms with van der Waals surface area (Å²) in [7, 11) is 0. The van der Waals surface area contributed by atoms with E-state index in [1.165, 1.54) is 6.07 Å². The van der Waals surface area contributed by atoms with E-state index in [2.05, 4.69) is 18.2 Å². The van der Waals surface area contributed by atoms with Crippen LogP contribution in [0.4, 0.5) is 13.2 Å². The van der Waals surface area contributed by atoms with Gasteiger partial charge in [-0.2, -0.15) is 29.0 Å². The zero-order valence-electron chi connectivity index (χ0n) is 31.5. The molecule has 282 valence electrons. The van der Waals surface area contributed by atoms with Crippen LogP contribution in [-0.4, -0.2) is 9.13 Å². The molecule has 2 heterocycles. The van der Waals surface area contributed by atoms with Gasteiger partial charge in [0.25, 0.3) is 0 Å². The number of para-hydroxylation sites is 2. The number of benzene rings is 8. The van der Waals surface area contributed by atoms with Gasteiger partial charge in [-0.15, -0.1) is 0 Å². The fraction of sp³-hybridized carbons (Fsp3) is 0.0192. The molecule has 0 bridgehead atoms. The second-order valence-corrected chi connectivity index (χ2v) is 14.6. The number of nitrogens with zero attached hydrogens (tertiary/aromatic N) is 5. The van der Waals surface area contributed by atoms with Gasteiger partial charge < -0.3 is 9.13 Å². The summed E-state index contributed by atoms with van der Waals surface area (Å²) in [5, 5.41) is 32.1.